The number of carbonyl (C=O) groups excluding carboxylic acids is 3. The highest BCUT2D eigenvalue weighted by molar-refractivity contribution is 9.11. The third kappa shape index (κ3) is 4.19. The van der Waals surface area contributed by atoms with Gasteiger partial charge in [0.1, 0.15) is 6.04 Å². The lowest BCUT2D eigenvalue weighted by Crippen LogP contribution is -2.48. The Morgan fingerprint density at radius 3 is 2.30 bits per heavy atom. The molecule has 7 heteroatoms. The number of anilines is 1. The number of imide groups is 1. The molecular weight excluding hydrogens is 476 g/mol. The standard InChI is InChI=1S/C20H22Br2N2O3/c1-11(2)9-17(18(25)23-16-10-12(21)7-8-15(16)22)24-19(26)13-5-3-4-6-14(13)20(24)27/h3-4,7-8,10-11,13-14,17H,5-6,9H2,1-2H3,(H,23,25). The molecule has 0 aromatic heterocycles. The van der Waals surface area contributed by atoms with Gasteiger partial charge in [0.25, 0.3) is 0 Å². The molecule has 1 fully saturated rings. The zero-order chi connectivity index (χ0) is 19.7. The van der Waals surface area contributed by atoms with Crippen molar-refractivity contribution in [3.05, 3.63) is 39.3 Å². The Kier molecular flexibility index (Phi) is 6.21. The number of benzene rings is 1. The van der Waals surface area contributed by atoms with Crippen LogP contribution in [0.1, 0.15) is 33.1 Å². The summed E-state index contributed by atoms with van der Waals surface area (Å²) in [6.45, 7) is 3.96. The molecule has 1 aliphatic heterocycles. The molecule has 1 N–H and O–H groups in total. The van der Waals surface area contributed by atoms with Gasteiger partial charge in [-0.1, -0.05) is 41.9 Å². The summed E-state index contributed by atoms with van der Waals surface area (Å²) in [6, 6.07) is 4.66. The van der Waals surface area contributed by atoms with Crippen LogP contribution in [0.15, 0.2) is 39.3 Å². The van der Waals surface area contributed by atoms with Gasteiger partial charge in [-0.3, -0.25) is 19.3 Å². The molecular formula is C20H22Br2N2O3. The second kappa shape index (κ2) is 8.27. The van der Waals surface area contributed by atoms with Crippen molar-refractivity contribution in [1.82, 2.24) is 4.90 Å². The van der Waals surface area contributed by atoms with Gasteiger partial charge in [-0.25, -0.2) is 0 Å². The first kappa shape index (κ1) is 20.3. The maximum absolute atomic E-state index is 13.1. The van der Waals surface area contributed by atoms with E-state index in [4.69, 9.17) is 0 Å². The summed E-state index contributed by atoms with van der Waals surface area (Å²) in [4.78, 5) is 40.2. The molecule has 27 heavy (non-hydrogen) atoms. The Morgan fingerprint density at radius 2 is 1.74 bits per heavy atom. The van der Waals surface area contributed by atoms with E-state index >= 15 is 0 Å². The Hall–Kier alpha value is -1.47. The number of hydrogen-bond acceptors (Lipinski definition) is 3. The fraction of sp³-hybridized carbons (Fsp3) is 0.450. The molecule has 3 amide bonds. The van der Waals surface area contributed by atoms with Gasteiger partial charge in [0.05, 0.1) is 17.5 Å². The van der Waals surface area contributed by atoms with Gasteiger partial charge in [0.15, 0.2) is 0 Å². The number of halogens is 2. The number of nitrogens with zero attached hydrogens (tertiary/aromatic N) is 1. The second-order valence-electron chi connectivity index (χ2n) is 7.46. The molecule has 0 spiro atoms. The van der Waals surface area contributed by atoms with Crippen LogP contribution in [-0.4, -0.2) is 28.7 Å². The predicted octanol–water partition coefficient (Wildman–Crippen LogP) is 4.52. The van der Waals surface area contributed by atoms with Crippen LogP contribution in [0, 0.1) is 17.8 Å². The van der Waals surface area contributed by atoms with Crippen molar-refractivity contribution in [3.8, 4) is 0 Å². The monoisotopic (exact) mass is 496 g/mol. The van der Waals surface area contributed by atoms with Gasteiger partial charge in [-0.15, -0.1) is 0 Å². The van der Waals surface area contributed by atoms with Crippen LogP contribution in [0.4, 0.5) is 5.69 Å². The summed E-state index contributed by atoms with van der Waals surface area (Å²) in [5, 5.41) is 2.88. The summed E-state index contributed by atoms with van der Waals surface area (Å²) >= 11 is 6.82. The van der Waals surface area contributed by atoms with E-state index in [2.05, 4.69) is 37.2 Å². The van der Waals surface area contributed by atoms with Crippen molar-refractivity contribution in [3.63, 3.8) is 0 Å². The van der Waals surface area contributed by atoms with Crippen LogP contribution >= 0.6 is 31.9 Å². The first-order valence-corrected chi connectivity index (χ1v) is 10.7. The molecule has 1 aromatic carbocycles. The van der Waals surface area contributed by atoms with E-state index in [1.165, 1.54) is 4.90 Å². The minimum Gasteiger partial charge on any atom is -0.323 e. The van der Waals surface area contributed by atoms with Crippen LogP contribution in [0.5, 0.6) is 0 Å². The van der Waals surface area contributed by atoms with E-state index in [0.717, 1.165) is 8.95 Å². The van der Waals surface area contributed by atoms with Crippen molar-refractivity contribution in [2.75, 3.05) is 5.32 Å². The highest BCUT2D eigenvalue weighted by Crippen LogP contribution is 2.37. The maximum Gasteiger partial charge on any atom is 0.247 e. The minimum absolute atomic E-state index is 0.160. The lowest BCUT2D eigenvalue weighted by Gasteiger charge is -2.27. The SMILES string of the molecule is CC(C)CC(C(=O)Nc1cc(Br)ccc1Br)N1C(=O)C2CC=CCC2C1=O. The summed E-state index contributed by atoms with van der Waals surface area (Å²) in [7, 11) is 0. The average molecular weight is 498 g/mol. The zero-order valence-electron chi connectivity index (χ0n) is 15.2. The van der Waals surface area contributed by atoms with Crippen molar-refractivity contribution < 1.29 is 14.4 Å². The van der Waals surface area contributed by atoms with Gasteiger partial charge in [0.2, 0.25) is 17.7 Å². The van der Waals surface area contributed by atoms with Crippen LogP contribution < -0.4 is 5.32 Å². The fourth-order valence-corrected chi connectivity index (χ4v) is 4.43. The third-order valence-corrected chi connectivity index (χ3v) is 6.22. The van der Waals surface area contributed by atoms with E-state index in [1.807, 2.05) is 38.1 Å². The molecule has 1 heterocycles. The largest absolute Gasteiger partial charge is 0.323 e. The quantitative estimate of drug-likeness (QED) is 0.480. The molecule has 0 saturated carbocycles. The van der Waals surface area contributed by atoms with Crippen molar-refractivity contribution >= 4 is 55.3 Å². The molecule has 1 saturated heterocycles. The number of nitrogens with one attached hydrogen (secondary N) is 1. The first-order chi connectivity index (χ1) is 12.8. The molecule has 0 bridgehead atoms. The molecule has 5 nitrogen and oxygen atoms in total. The number of fused-ring (bicyclic) bond motifs is 1. The van der Waals surface area contributed by atoms with E-state index in [1.54, 1.807) is 6.07 Å². The average Bonchev–Trinajstić information content (AvgIpc) is 2.87. The highest BCUT2D eigenvalue weighted by Gasteiger charge is 2.51. The summed E-state index contributed by atoms with van der Waals surface area (Å²) in [5.74, 6) is -1.28. The molecule has 144 valence electrons. The Labute approximate surface area is 175 Å². The smallest absolute Gasteiger partial charge is 0.247 e. The van der Waals surface area contributed by atoms with Gasteiger partial charge >= 0.3 is 0 Å². The summed E-state index contributed by atoms with van der Waals surface area (Å²) < 4.78 is 1.56. The second-order valence-corrected chi connectivity index (χ2v) is 9.23. The van der Waals surface area contributed by atoms with Crippen LogP contribution in [0.2, 0.25) is 0 Å². The van der Waals surface area contributed by atoms with Crippen LogP contribution in [-0.2, 0) is 14.4 Å². The van der Waals surface area contributed by atoms with Gasteiger partial charge < -0.3 is 5.32 Å². The van der Waals surface area contributed by atoms with Crippen LogP contribution in [0.3, 0.4) is 0 Å². The van der Waals surface area contributed by atoms with Crippen molar-refractivity contribution in [1.29, 1.82) is 0 Å². The number of rotatable bonds is 5. The van der Waals surface area contributed by atoms with E-state index in [-0.39, 0.29) is 35.5 Å². The van der Waals surface area contributed by atoms with E-state index < -0.39 is 6.04 Å². The maximum atomic E-state index is 13.1. The number of hydrogen-bond donors (Lipinski definition) is 1. The molecule has 3 rings (SSSR count). The van der Waals surface area contributed by atoms with Crippen molar-refractivity contribution in [2.45, 2.75) is 39.2 Å². The number of likely N-dealkylation sites (tertiary alicyclic amines) is 1. The third-order valence-electron chi connectivity index (χ3n) is 5.04. The van der Waals surface area contributed by atoms with Gasteiger partial charge in [-0.2, -0.15) is 0 Å². The first-order valence-electron chi connectivity index (χ1n) is 9.07. The highest BCUT2D eigenvalue weighted by atomic mass is 79.9. The number of carbonyl (C=O) groups is 3. The molecule has 0 radical (unpaired) electrons. The lowest BCUT2D eigenvalue weighted by molar-refractivity contribution is -0.147. The molecule has 1 aliphatic carbocycles. The number of allylic oxidation sites excluding steroid dienone is 2. The fourth-order valence-electron chi connectivity index (χ4n) is 3.72. The Bertz CT molecular complexity index is 780. The summed E-state index contributed by atoms with van der Waals surface area (Å²) in [6.07, 6.45) is 5.47. The number of amides is 3. The molecule has 3 atom stereocenters. The van der Waals surface area contributed by atoms with E-state index in [9.17, 15) is 14.4 Å². The normalized spacial score (nSPS) is 22.9. The van der Waals surface area contributed by atoms with Gasteiger partial charge in [0, 0.05) is 8.95 Å². The molecule has 3 unspecified atom stereocenters. The van der Waals surface area contributed by atoms with E-state index in [0.29, 0.717) is 24.9 Å². The molecule has 2 aliphatic rings. The Morgan fingerprint density at radius 1 is 1.15 bits per heavy atom. The summed E-state index contributed by atoms with van der Waals surface area (Å²) in [5.41, 5.74) is 0.598. The lowest BCUT2D eigenvalue weighted by atomic mass is 9.85. The topological polar surface area (TPSA) is 66.5 Å². The predicted molar refractivity (Wildman–Crippen MR) is 111 cm³/mol. The Balaban J connectivity index is 1.87. The van der Waals surface area contributed by atoms with Crippen LogP contribution in [0.25, 0.3) is 0 Å². The van der Waals surface area contributed by atoms with Gasteiger partial charge in [-0.05, 0) is 59.3 Å². The van der Waals surface area contributed by atoms with Crippen molar-refractivity contribution in [2.24, 2.45) is 17.8 Å². The zero-order valence-corrected chi connectivity index (χ0v) is 18.4. The minimum atomic E-state index is -0.804. The molecule has 1 aromatic rings.